The second-order valence-electron chi connectivity index (χ2n) is 7.26. The summed E-state index contributed by atoms with van der Waals surface area (Å²) in [6.07, 6.45) is 3.00. The van der Waals surface area contributed by atoms with Gasteiger partial charge in [0.2, 0.25) is 0 Å². The maximum Gasteiger partial charge on any atom is 0.262 e. The lowest BCUT2D eigenvalue weighted by atomic mass is 10.1. The van der Waals surface area contributed by atoms with Crippen molar-refractivity contribution < 1.29 is 9.53 Å². The molecular weight excluding hydrogens is 374 g/mol. The van der Waals surface area contributed by atoms with Crippen LogP contribution in [0.15, 0.2) is 79.0 Å². The van der Waals surface area contributed by atoms with Gasteiger partial charge in [0, 0.05) is 35.0 Å². The summed E-state index contributed by atoms with van der Waals surface area (Å²) in [6.45, 7) is 2.82. The van der Waals surface area contributed by atoms with E-state index in [1.165, 1.54) is 16.5 Å². The van der Waals surface area contributed by atoms with Crippen molar-refractivity contribution in [1.29, 1.82) is 0 Å². The van der Waals surface area contributed by atoms with Gasteiger partial charge in [-0.1, -0.05) is 35.9 Å². The van der Waals surface area contributed by atoms with E-state index in [1.807, 2.05) is 61.5 Å². The molecule has 0 saturated carbocycles. The Kier molecular flexibility index (Phi) is 5.99. The number of ether oxygens (including phenoxy) is 1. The fourth-order valence-corrected chi connectivity index (χ4v) is 3.33. The Hall–Kier alpha value is -3.73. The van der Waals surface area contributed by atoms with Crippen molar-refractivity contribution in [3.63, 3.8) is 0 Å². The molecule has 3 aromatic carbocycles. The van der Waals surface area contributed by atoms with E-state index in [9.17, 15) is 4.79 Å². The van der Waals surface area contributed by atoms with Gasteiger partial charge in [-0.2, -0.15) is 0 Å². The fourth-order valence-electron chi connectivity index (χ4n) is 3.33. The zero-order chi connectivity index (χ0) is 20.8. The van der Waals surface area contributed by atoms with Crippen LogP contribution in [0.2, 0.25) is 0 Å². The second kappa shape index (κ2) is 9.18. The number of H-pyrrole nitrogens is 1. The molecule has 4 aromatic rings. The lowest BCUT2D eigenvalue weighted by molar-refractivity contribution is -0.118. The monoisotopic (exact) mass is 399 g/mol. The van der Waals surface area contributed by atoms with Crippen molar-refractivity contribution in [3.8, 4) is 5.75 Å². The highest BCUT2D eigenvalue weighted by Crippen LogP contribution is 2.19. The van der Waals surface area contributed by atoms with Crippen LogP contribution in [0.1, 0.15) is 11.1 Å². The number of fused-ring (bicyclic) bond motifs is 1. The van der Waals surface area contributed by atoms with Gasteiger partial charge in [0.25, 0.3) is 5.91 Å². The molecule has 0 saturated heterocycles. The van der Waals surface area contributed by atoms with Crippen LogP contribution in [0.4, 0.5) is 11.4 Å². The predicted molar refractivity (Wildman–Crippen MR) is 122 cm³/mol. The Bertz CT molecular complexity index is 1120. The summed E-state index contributed by atoms with van der Waals surface area (Å²) >= 11 is 0. The second-order valence-corrected chi connectivity index (χ2v) is 7.26. The van der Waals surface area contributed by atoms with E-state index in [0.29, 0.717) is 5.75 Å². The summed E-state index contributed by atoms with van der Waals surface area (Å²) in [5.74, 6) is 0.501. The third kappa shape index (κ3) is 5.00. The lowest BCUT2D eigenvalue weighted by Gasteiger charge is -2.10. The van der Waals surface area contributed by atoms with Crippen molar-refractivity contribution in [2.45, 2.75) is 13.3 Å². The number of carbonyl (C=O) groups is 1. The first-order valence-corrected chi connectivity index (χ1v) is 10.1. The molecule has 5 nitrogen and oxygen atoms in total. The lowest BCUT2D eigenvalue weighted by Crippen LogP contribution is -2.20. The quantitative estimate of drug-likeness (QED) is 0.384. The minimum absolute atomic E-state index is 0.0202. The fraction of sp³-hybridized carbons (Fsp3) is 0.160. The number of amides is 1. The zero-order valence-corrected chi connectivity index (χ0v) is 16.9. The number of aromatic amines is 1. The molecule has 0 aliphatic heterocycles. The molecule has 0 unspecified atom stereocenters. The summed E-state index contributed by atoms with van der Waals surface area (Å²) in [5, 5.41) is 7.55. The molecule has 1 aromatic heterocycles. The van der Waals surface area contributed by atoms with Crippen LogP contribution in [0.3, 0.4) is 0 Å². The van der Waals surface area contributed by atoms with Gasteiger partial charge in [0.05, 0.1) is 0 Å². The summed E-state index contributed by atoms with van der Waals surface area (Å²) in [7, 11) is 0. The number of nitrogens with one attached hydrogen (secondary N) is 3. The molecule has 152 valence electrons. The highest BCUT2D eigenvalue weighted by atomic mass is 16.5. The third-order valence-corrected chi connectivity index (χ3v) is 4.96. The Morgan fingerprint density at radius 1 is 0.933 bits per heavy atom. The molecule has 30 heavy (non-hydrogen) atoms. The molecule has 1 heterocycles. The Balaban J connectivity index is 1.23. The van der Waals surface area contributed by atoms with Crippen molar-refractivity contribution in [2.75, 3.05) is 23.8 Å². The first-order chi connectivity index (χ1) is 14.7. The minimum Gasteiger partial charge on any atom is -0.484 e. The average Bonchev–Trinajstić information content (AvgIpc) is 3.18. The van der Waals surface area contributed by atoms with E-state index in [2.05, 4.69) is 40.0 Å². The van der Waals surface area contributed by atoms with E-state index < -0.39 is 0 Å². The molecule has 3 N–H and O–H groups in total. The van der Waals surface area contributed by atoms with Gasteiger partial charge in [-0.3, -0.25) is 4.79 Å². The summed E-state index contributed by atoms with van der Waals surface area (Å²) in [5.41, 5.74) is 5.38. The number of benzene rings is 3. The van der Waals surface area contributed by atoms with Crippen molar-refractivity contribution in [1.82, 2.24) is 4.98 Å². The highest BCUT2D eigenvalue weighted by molar-refractivity contribution is 5.92. The minimum atomic E-state index is -0.185. The Morgan fingerprint density at radius 3 is 2.47 bits per heavy atom. The summed E-state index contributed by atoms with van der Waals surface area (Å²) < 4.78 is 5.51. The molecule has 1 amide bonds. The van der Waals surface area contributed by atoms with E-state index in [0.717, 1.165) is 29.9 Å². The molecule has 0 bridgehead atoms. The molecule has 5 heteroatoms. The maximum atomic E-state index is 12.1. The van der Waals surface area contributed by atoms with Crippen LogP contribution in [0.5, 0.6) is 5.75 Å². The van der Waals surface area contributed by atoms with Crippen LogP contribution >= 0.6 is 0 Å². The average molecular weight is 399 g/mol. The molecule has 0 atom stereocenters. The molecule has 4 rings (SSSR count). The number of hydrogen-bond donors (Lipinski definition) is 3. The van der Waals surface area contributed by atoms with Gasteiger partial charge in [0.1, 0.15) is 5.75 Å². The van der Waals surface area contributed by atoms with Crippen LogP contribution < -0.4 is 15.4 Å². The first kappa shape index (κ1) is 19.6. The van der Waals surface area contributed by atoms with Gasteiger partial charge in [-0.15, -0.1) is 0 Å². The first-order valence-electron chi connectivity index (χ1n) is 10.1. The smallest absolute Gasteiger partial charge is 0.262 e. The highest BCUT2D eigenvalue weighted by Gasteiger charge is 2.05. The van der Waals surface area contributed by atoms with Crippen LogP contribution in [-0.2, 0) is 11.2 Å². The number of aryl methyl sites for hydroxylation is 1. The Morgan fingerprint density at radius 2 is 1.67 bits per heavy atom. The van der Waals surface area contributed by atoms with E-state index in [1.54, 1.807) is 0 Å². The summed E-state index contributed by atoms with van der Waals surface area (Å²) in [4.78, 5) is 15.4. The molecule has 0 radical (unpaired) electrons. The van der Waals surface area contributed by atoms with Crippen molar-refractivity contribution in [3.05, 3.63) is 90.1 Å². The normalized spacial score (nSPS) is 10.7. The number of anilines is 2. The Labute approximate surface area is 176 Å². The van der Waals surface area contributed by atoms with Gasteiger partial charge in [-0.25, -0.2) is 0 Å². The van der Waals surface area contributed by atoms with E-state index >= 15 is 0 Å². The predicted octanol–water partition coefficient (Wildman–Crippen LogP) is 5.15. The van der Waals surface area contributed by atoms with Crippen molar-refractivity contribution >= 4 is 28.2 Å². The number of carbonyl (C=O) groups excluding carboxylic acids is 1. The third-order valence-electron chi connectivity index (χ3n) is 4.96. The standard InChI is InChI=1S/C25H25N3O2/c1-18-6-12-22(13-7-18)30-17-25(29)28-21-10-8-20(9-11-21)26-15-14-19-16-27-24-5-3-2-4-23(19)24/h2-13,16,26-27H,14-15,17H2,1H3,(H,28,29). The maximum absolute atomic E-state index is 12.1. The van der Waals surface area contributed by atoms with Crippen LogP contribution in [0, 0.1) is 6.92 Å². The van der Waals surface area contributed by atoms with Crippen LogP contribution in [0.25, 0.3) is 10.9 Å². The largest absolute Gasteiger partial charge is 0.484 e. The van der Waals surface area contributed by atoms with Gasteiger partial charge in [-0.05, 0) is 61.4 Å². The zero-order valence-electron chi connectivity index (χ0n) is 16.9. The van der Waals surface area contributed by atoms with E-state index in [-0.39, 0.29) is 12.5 Å². The molecular formula is C25H25N3O2. The molecule has 0 aliphatic rings. The molecule has 0 fully saturated rings. The number of aromatic nitrogens is 1. The van der Waals surface area contributed by atoms with Gasteiger partial charge >= 0.3 is 0 Å². The number of hydrogen-bond acceptors (Lipinski definition) is 3. The number of para-hydroxylation sites is 1. The SMILES string of the molecule is Cc1ccc(OCC(=O)Nc2ccc(NCCc3c[nH]c4ccccc34)cc2)cc1. The van der Waals surface area contributed by atoms with Gasteiger partial charge < -0.3 is 20.4 Å². The topological polar surface area (TPSA) is 66.2 Å². The molecule has 0 spiro atoms. The summed E-state index contributed by atoms with van der Waals surface area (Å²) in [6, 6.07) is 23.7. The van der Waals surface area contributed by atoms with Gasteiger partial charge in [0.15, 0.2) is 6.61 Å². The van der Waals surface area contributed by atoms with Crippen molar-refractivity contribution in [2.24, 2.45) is 0 Å². The van der Waals surface area contributed by atoms with E-state index in [4.69, 9.17) is 4.74 Å². The van der Waals surface area contributed by atoms with Crippen LogP contribution in [-0.4, -0.2) is 24.0 Å². The molecule has 0 aliphatic carbocycles. The number of rotatable bonds is 8.